The zero-order chi connectivity index (χ0) is 17.2. The Bertz CT molecular complexity index is 908. The van der Waals surface area contributed by atoms with Gasteiger partial charge in [-0.05, 0) is 36.2 Å². The molecule has 4 nitrogen and oxygen atoms in total. The first-order chi connectivity index (χ1) is 12.3. The molecule has 25 heavy (non-hydrogen) atoms. The molecule has 1 aliphatic rings. The third-order valence-electron chi connectivity index (χ3n) is 4.58. The largest absolute Gasteiger partial charge is 0.361 e. The number of aryl methyl sites for hydroxylation is 1. The Morgan fingerprint density at radius 3 is 2.64 bits per heavy atom. The molecular weight excluding hydrogens is 310 g/mol. The summed E-state index contributed by atoms with van der Waals surface area (Å²) in [7, 11) is 0. The van der Waals surface area contributed by atoms with Crippen LogP contribution >= 0.6 is 0 Å². The molecule has 0 spiro atoms. The van der Waals surface area contributed by atoms with Crippen LogP contribution in [-0.4, -0.2) is 10.9 Å². The van der Waals surface area contributed by atoms with Crippen LogP contribution in [0.5, 0.6) is 0 Å². The SMILES string of the molecule is CCc1ccccc1N[C@H]1c2ccccc2C(=O)N1c1cccnc1. The number of para-hydroxylation sites is 1. The van der Waals surface area contributed by atoms with E-state index in [1.54, 1.807) is 17.3 Å². The van der Waals surface area contributed by atoms with Crippen molar-refractivity contribution in [2.75, 3.05) is 10.2 Å². The summed E-state index contributed by atoms with van der Waals surface area (Å²) in [4.78, 5) is 19.0. The fourth-order valence-electron chi connectivity index (χ4n) is 3.34. The van der Waals surface area contributed by atoms with E-state index in [0.29, 0.717) is 0 Å². The first-order valence-corrected chi connectivity index (χ1v) is 8.46. The minimum Gasteiger partial charge on any atom is -0.361 e. The van der Waals surface area contributed by atoms with Crippen LogP contribution in [0.2, 0.25) is 0 Å². The van der Waals surface area contributed by atoms with Crippen LogP contribution in [0.15, 0.2) is 73.1 Å². The van der Waals surface area contributed by atoms with Crippen molar-refractivity contribution in [1.29, 1.82) is 0 Å². The van der Waals surface area contributed by atoms with Crippen molar-refractivity contribution in [3.63, 3.8) is 0 Å². The topological polar surface area (TPSA) is 45.2 Å². The standard InChI is InChI=1S/C21H19N3O/c1-2-15-8-3-6-12-19(15)23-20-17-10-4-5-11-18(17)21(25)24(20)16-9-7-13-22-14-16/h3-14,20,23H,2H2,1H3/t20-/m1/s1. The number of aromatic nitrogens is 1. The van der Waals surface area contributed by atoms with Gasteiger partial charge in [0.05, 0.1) is 11.9 Å². The molecule has 4 heteroatoms. The number of amides is 1. The molecule has 1 aromatic heterocycles. The van der Waals surface area contributed by atoms with Crippen LogP contribution in [0.4, 0.5) is 11.4 Å². The quantitative estimate of drug-likeness (QED) is 0.771. The highest BCUT2D eigenvalue weighted by molar-refractivity contribution is 6.11. The van der Waals surface area contributed by atoms with Crippen LogP contribution in [0.25, 0.3) is 0 Å². The van der Waals surface area contributed by atoms with Crippen molar-refractivity contribution in [1.82, 2.24) is 4.98 Å². The van der Waals surface area contributed by atoms with E-state index in [4.69, 9.17) is 0 Å². The highest BCUT2D eigenvalue weighted by Gasteiger charge is 2.37. The van der Waals surface area contributed by atoms with Crippen LogP contribution in [0, 0.1) is 0 Å². The summed E-state index contributed by atoms with van der Waals surface area (Å²) in [6.07, 6.45) is 4.12. The van der Waals surface area contributed by atoms with Crippen molar-refractivity contribution >= 4 is 17.3 Å². The van der Waals surface area contributed by atoms with Crippen LogP contribution < -0.4 is 10.2 Å². The first-order valence-electron chi connectivity index (χ1n) is 8.46. The third kappa shape index (κ3) is 2.66. The molecule has 1 aliphatic heterocycles. The maximum absolute atomic E-state index is 13.0. The first kappa shape index (κ1) is 15.4. The van der Waals surface area contributed by atoms with Gasteiger partial charge in [-0.1, -0.05) is 43.3 Å². The molecule has 4 rings (SSSR count). The van der Waals surface area contributed by atoms with Gasteiger partial charge in [-0.25, -0.2) is 0 Å². The van der Waals surface area contributed by atoms with E-state index in [0.717, 1.165) is 28.9 Å². The lowest BCUT2D eigenvalue weighted by atomic mass is 10.1. The van der Waals surface area contributed by atoms with Crippen molar-refractivity contribution in [2.45, 2.75) is 19.5 Å². The van der Waals surface area contributed by atoms with Crippen molar-refractivity contribution in [2.24, 2.45) is 0 Å². The number of hydrogen-bond donors (Lipinski definition) is 1. The van der Waals surface area contributed by atoms with Gasteiger partial charge < -0.3 is 5.32 Å². The summed E-state index contributed by atoms with van der Waals surface area (Å²) in [5, 5.41) is 3.57. The van der Waals surface area contributed by atoms with Gasteiger partial charge >= 0.3 is 0 Å². The summed E-state index contributed by atoms with van der Waals surface area (Å²) >= 11 is 0. The lowest BCUT2D eigenvalue weighted by molar-refractivity contribution is 0.0993. The number of carbonyl (C=O) groups excluding carboxylic acids is 1. The number of anilines is 2. The van der Waals surface area contributed by atoms with Gasteiger partial charge in [-0.15, -0.1) is 0 Å². The van der Waals surface area contributed by atoms with E-state index in [1.165, 1.54) is 5.56 Å². The Morgan fingerprint density at radius 2 is 1.84 bits per heavy atom. The molecule has 0 saturated heterocycles. The lowest BCUT2D eigenvalue weighted by Gasteiger charge is -2.27. The Kier molecular flexibility index (Phi) is 3.94. The number of rotatable bonds is 4. The average molecular weight is 329 g/mol. The summed E-state index contributed by atoms with van der Waals surface area (Å²) in [6.45, 7) is 2.13. The smallest absolute Gasteiger partial charge is 0.260 e. The van der Waals surface area contributed by atoms with Crippen LogP contribution in [-0.2, 0) is 6.42 Å². The van der Waals surface area contributed by atoms with E-state index < -0.39 is 0 Å². The van der Waals surface area contributed by atoms with Gasteiger partial charge in [0.25, 0.3) is 5.91 Å². The molecule has 0 fully saturated rings. The summed E-state index contributed by atoms with van der Waals surface area (Å²) in [5.41, 5.74) is 4.79. The lowest BCUT2D eigenvalue weighted by Crippen LogP contribution is -2.32. The highest BCUT2D eigenvalue weighted by Crippen LogP contribution is 2.38. The minimum absolute atomic E-state index is 0.00456. The zero-order valence-electron chi connectivity index (χ0n) is 14.0. The maximum atomic E-state index is 13.0. The predicted octanol–water partition coefficient (Wildman–Crippen LogP) is 4.42. The molecule has 124 valence electrons. The van der Waals surface area contributed by atoms with Gasteiger partial charge in [0.1, 0.15) is 6.17 Å². The van der Waals surface area contributed by atoms with E-state index >= 15 is 0 Å². The maximum Gasteiger partial charge on any atom is 0.260 e. The number of fused-ring (bicyclic) bond motifs is 1. The summed E-state index contributed by atoms with van der Waals surface area (Å²) < 4.78 is 0. The van der Waals surface area contributed by atoms with E-state index in [1.807, 2.05) is 48.5 Å². The van der Waals surface area contributed by atoms with Crippen molar-refractivity contribution < 1.29 is 4.79 Å². The van der Waals surface area contributed by atoms with Gasteiger partial charge in [0.2, 0.25) is 0 Å². The molecule has 0 saturated carbocycles. The second-order valence-corrected chi connectivity index (χ2v) is 6.03. The Labute approximate surface area is 147 Å². The molecule has 2 aromatic carbocycles. The van der Waals surface area contributed by atoms with Crippen LogP contribution in [0.3, 0.4) is 0 Å². The average Bonchev–Trinajstić information content (AvgIpc) is 2.95. The highest BCUT2D eigenvalue weighted by atomic mass is 16.2. The number of carbonyl (C=O) groups is 1. The molecule has 1 N–H and O–H groups in total. The predicted molar refractivity (Wildman–Crippen MR) is 99.7 cm³/mol. The Hall–Kier alpha value is -3.14. The Balaban J connectivity index is 1.80. The second kappa shape index (κ2) is 6.40. The van der Waals surface area contributed by atoms with Crippen LogP contribution in [0.1, 0.15) is 34.6 Å². The summed E-state index contributed by atoms with van der Waals surface area (Å²) in [5.74, 6) is -0.00456. The monoisotopic (exact) mass is 329 g/mol. The molecule has 0 unspecified atom stereocenters. The van der Waals surface area contributed by atoms with Crippen molar-refractivity contribution in [3.8, 4) is 0 Å². The number of nitrogens with one attached hydrogen (secondary N) is 1. The minimum atomic E-state index is -0.249. The fraction of sp³-hybridized carbons (Fsp3) is 0.143. The number of pyridine rings is 1. The molecule has 0 bridgehead atoms. The molecule has 1 amide bonds. The molecular formula is C21H19N3O. The van der Waals surface area contributed by atoms with Gasteiger partial charge in [0.15, 0.2) is 0 Å². The molecule has 1 atom stereocenters. The second-order valence-electron chi connectivity index (χ2n) is 6.03. The fourth-order valence-corrected chi connectivity index (χ4v) is 3.34. The van der Waals surface area contributed by atoms with E-state index in [-0.39, 0.29) is 12.1 Å². The number of hydrogen-bond acceptors (Lipinski definition) is 3. The number of benzene rings is 2. The Morgan fingerprint density at radius 1 is 1.04 bits per heavy atom. The van der Waals surface area contributed by atoms with E-state index in [2.05, 4.69) is 29.4 Å². The molecule has 2 heterocycles. The van der Waals surface area contributed by atoms with Gasteiger partial charge in [-0.3, -0.25) is 14.7 Å². The number of nitrogens with zero attached hydrogens (tertiary/aromatic N) is 2. The normalized spacial score (nSPS) is 16.0. The van der Waals surface area contributed by atoms with Gasteiger partial charge in [0, 0.05) is 23.0 Å². The van der Waals surface area contributed by atoms with E-state index in [9.17, 15) is 4.79 Å². The molecule has 0 radical (unpaired) electrons. The zero-order valence-corrected chi connectivity index (χ0v) is 14.0. The molecule has 3 aromatic rings. The summed E-state index contributed by atoms with van der Waals surface area (Å²) in [6, 6.07) is 19.8. The molecule has 0 aliphatic carbocycles. The van der Waals surface area contributed by atoms with Crippen molar-refractivity contribution in [3.05, 3.63) is 89.7 Å². The third-order valence-corrected chi connectivity index (χ3v) is 4.58. The van der Waals surface area contributed by atoms with Gasteiger partial charge in [-0.2, -0.15) is 0 Å².